The molecule has 1 aromatic rings. The van der Waals surface area contributed by atoms with Crippen LogP contribution in [0.3, 0.4) is 0 Å². The molecule has 1 aromatic carbocycles. The molecule has 110 valence electrons. The molecule has 3 nitrogen and oxygen atoms in total. The third-order valence-corrected chi connectivity index (χ3v) is 4.18. The van der Waals surface area contributed by atoms with E-state index in [0.29, 0.717) is 0 Å². The van der Waals surface area contributed by atoms with E-state index in [4.69, 9.17) is 16.3 Å². The number of rotatable bonds is 5. The number of methoxy groups -OCH3 is 1. The third-order valence-electron chi connectivity index (χ3n) is 3.96. The monoisotopic (exact) mass is 295 g/mol. The Kier molecular flexibility index (Phi) is 5.30. The van der Waals surface area contributed by atoms with Gasteiger partial charge in [-0.2, -0.15) is 0 Å². The number of ether oxygens (including phenoxy) is 1. The number of nitrogens with zero attached hydrogens (tertiary/aromatic N) is 1. The number of carbonyl (C=O) groups is 1. The summed E-state index contributed by atoms with van der Waals surface area (Å²) in [4.78, 5) is 14.0. The summed E-state index contributed by atoms with van der Waals surface area (Å²) in [6.45, 7) is 2.88. The first-order chi connectivity index (χ1) is 9.69. The van der Waals surface area contributed by atoms with Gasteiger partial charge in [-0.05, 0) is 48.9 Å². The Morgan fingerprint density at radius 2 is 2.25 bits per heavy atom. The van der Waals surface area contributed by atoms with E-state index < -0.39 is 0 Å². The number of carbonyl (C=O) groups excluding carboxylic acids is 1. The van der Waals surface area contributed by atoms with Gasteiger partial charge in [-0.15, -0.1) is 11.6 Å². The number of alkyl halides is 1. The number of hydrogen-bond donors (Lipinski definition) is 0. The van der Waals surface area contributed by atoms with Crippen LogP contribution in [0, 0.1) is 0 Å². The van der Waals surface area contributed by atoms with Crippen molar-refractivity contribution in [2.24, 2.45) is 0 Å². The lowest BCUT2D eigenvalue weighted by Crippen LogP contribution is -2.44. The van der Waals surface area contributed by atoms with Gasteiger partial charge >= 0.3 is 0 Å². The minimum atomic E-state index is 0.0462. The molecule has 0 N–H and O–H groups in total. The molecule has 0 aliphatic heterocycles. The van der Waals surface area contributed by atoms with Crippen LogP contribution in [0.2, 0.25) is 0 Å². The second-order valence-electron chi connectivity index (χ2n) is 5.25. The summed E-state index contributed by atoms with van der Waals surface area (Å²) in [7, 11) is 1.68. The van der Waals surface area contributed by atoms with Crippen LogP contribution >= 0.6 is 11.6 Å². The first kappa shape index (κ1) is 15.2. The van der Waals surface area contributed by atoms with Crippen LogP contribution in [0.25, 0.3) is 0 Å². The van der Waals surface area contributed by atoms with Gasteiger partial charge in [0.05, 0.1) is 7.11 Å². The summed E-state index contributed by atoms with van der Waals surface area (Å²) < 4.78 is 5.29. The van der Waals surface area contributed by atoms with Crippen molar-refractivity contribution in [3.63, 3.8) is 0 Å². The van der Waals surface area contributed by atoms with Gasteiger partial charge < -0.3 is 9.64 Å². The lowest BCUT2D eigenvalue weighted by molar-refractivity contribution is -0.131. The summed E-state index contributed by atoms with van der Waals surface area (Å²) >= 11 is 5.74. The first-order valence-electron chi connectivity index (χ1n) is 7.20. The summed E-state index contributed by atoms with van der Waals surface area (Å²) in [6, 6.07) is 6.50. The highest BCUT2D eigenvalue weighted by Crippen LogP contribution is 2.28. The van der Waals surface area contributed by atoms with Gasteiger partial charge in [0.1, 0.15) is 11.6 Å². The second-order valence-corrected chi connectivity index (χ2v) is 5.52. The Hall–Kier alpha value is -1.22. The topological polar surface area (TPSA) is 29.5 Å². The molecule has 4 heteroatoms. The Balaban J connectivity index is 2.17. The fourth-order valence-corrected chi connectivity index (χ4v) is 3.09. The molecular formula is C16H22ClNO2. The van der Waals surface area contributed by atoms with Gasteiger partial charge in [0.25, 0.3) is 0 Å². The SMILES string of the molecule is CCCN(C(=O)CCl)[C@@H]1CCc2ccc(OC)cc2C1. The molecule has 20 heavy (non-hydrogen) atoms. The average Bonchev–Trinajstić information content (AvgIpc) is 2.50. The lowest BCUT2D eigenvalue weighted by atomic mass is 9.87. The number of amides is 1. The molecule has 0 aromatic heterocycles. The molecule has 0 spiro atoms. The zero-order valence-electron chi connectivity index (χ0n) is 12.2. The van der Waals surface area contributed by atoms with Gasteiger partial charge in [0.2, 0.25) is 5.91 Å². The quantitative estimate of drug-likeness (QED) is 0.782. The van der Waals surface area contributed by atoms with Crippen LogP contribution in [-0.2, 0) is 17.6 Å². The van der Waals surface area contributed by atoms with Crippen LogP contribution in [0.15, 0.2) is 18.2 Å². The van der Waals surface area contributed by atoms with Gasteiger partial charge in [-0.3, -0.25) is 4.79 Å². The second kappa shape index (κ2) is 6.98. The Labute approximate surface area is 125 Å². The highest BCUT2D eigenvalue weighted by molar-refractivity contribution is 6.27. The van der Waals surface area contributed by atoms with E-state index >= 15 is 0 Å². The van der Waals surface area contributed by atoms with Gasteiger partial charge in [0, 0.05) is 12.6 Å². The Bertz CT molecular complexity index is 476. The molecule has 2 rings (SSSR count). The molecule has 1 amide bonds. The molecule has 1 atom stereocenters. The minimum Gasteiger partial charge on any atom is -0.497 e. The van der Waals surface area contributed by atoms with Crippen LogP contribution in [0.5, 0.6) is 5.75 Å². The van der Waals surface area contributed by atoms with Crippen molar-refractivity contribution in [2.75, 3.05) is 19.5 Å². The van der Waals surface area contributed by atoms with E-state index in [2.05, 4.69) is 19.1 Å². The lowest BCUT2D eigenvalue weighted by Gasteiger charge is -2.35. The molecule has 0 saturated carbocycles. The number of aryl methyl sites for hydroxylation is 1. The fourth-order valence-electron chi connectivity index (χ4n) is 2.94. The largest absolute Gasteiger partial charge is 0.497 e. The molecule has 0 radical (unpaired) electrons. The average molecular weight is 296 g/mol. The van der Waals surface area contributed by atoms with Gasteiger partial charge in [-0.1, -0.05) is 13.0 Å². The predicted octanol–water partition coefficient (Wildman–Crippen LogP) is 3.03. The van der Waals surface area contributed by atoms with Crippen LogP contribution in [0.1, 0.15) is 30.9 Å². The van der Waals surface area contributed by atoms with E-state index in [1.54, 1.807) is 7.11 Å². The number of hydrogen-bond acceptors (Lipinski definition) is 2. The van der Waals surface area contributed by atoms with E-state index in [-0.39, 0.29) is 17.8 Å². The molecule has 0 fully saturated rings. The smallest absolute Gasteiger partial charge is 0.237 e. The number of fused-ring (bicyclic) bond motifs is 1. The fraction of sp³-hybridized carbons (Fsp3) is 0.562. The Morgan fingerprint density at radius 1 is 1.45 bits per heavy atom. The Morgan fingerprint density at radius 3 is 2.90 bits per heavy atom. The van der Waals surface area contributed by atoms with Crippen LogP contribution < -0.4 is 4.74 Å². The minimum absolute atomic E-state index is 0.0462. The normalized spacial score (nSPS) is 17.4. The van der Waals surface area contributed by atoms with Crippen LogP contribution in [-0.4, -0.2) is 36.4 Å². The maximum Gasteiger partial charge on any atom is 0.237 e. The standard InChI is InChI=1S/C16H22ClNO2/c1-3-8-18(16(19)11-17)14-6-4-12-5-7-15(20-2)10-13(12)9-14/h5,7,10,14H,3-4,6,8-9,11H2,1-2H3/t14-/m1/s1. The zero-order valence-corrected chi connectivity index (χ0v) is 12.9. The predicted molar refractivity (Wildman–Crippen MR) is 81.5 cm³/mol. The van der Waals surface area contributed by atoms with Crippen LogP contribution in [0.4, 0.5) is 0 Å². The van der Waals surface area contributed by atoms with Crippen molar-refractivity contribution in [1.29, 1.82) is 0 Å². The highest BCUT2D eigenvalue weighted by Gasteiger charge is 2.26. The van der Waals surface area contributed by atoms with Crippen molar-refractivity contribution < 1.29 is 9.53 Å². The van der Waals surface area contributed by atoms with E-state index in [1.807, 2.05) is 11.0 Å². The number of benzene rings is 1. The van der Waals surface area contributed by atoms with Gasteiger partial charge in [-0.25, -0.2) is 0 Å². The maximum absolute atomic E-state index is 12.0. The first-order valence-corrected chi connectivity index (χ1v) is 7.74. The van der Waals surface area contributed by atoms with Crippen molar-refractivity contribution in [1.82, 2.24) is 4.90 Å². The van der Waals surface area contributed by atoms with Crippen molar-refractivity contribution in [2.45, 2.75) is 38.6 Å². The van der Waals surface area contributed by atoms with Gasteiger partial charge in [0.15, 0.2) is 0 Å². The van der Waals surface area contributed by atoms with Crippen molar-refractivity contribution in [3.8, 4) is 5.75 Å². The molecule has 0 bridgehead atoms. The summed E-state index contributed by atoms with van der Waals surface area (Å²) in [5.41, 5.74) is 2.67. The zero-order chi connectivity index (χ0) is 14.5. The van der Waals surface area contributed by atoms with E-state index in [0.717, 1.165) is 38.0 Å². The molecule has 0 heterocycles. The molecule has 1 aliphatic carbocycles. The molecule has 1 aliphatic rings. The van der Waals surface area contributed by atoms with E-state index in [9.17, 15) is 4.79 Å². The maximum atomic E-state index is 12.0. The highest BCUT2D eigenvalue weighted by atomic mass is 35.5. The van der Waals surface area contributed by atoms with Crippen molar-refractivity contribution >= 4 is 17.5 Å². The third kappa shape index (κ3) is 3.26. The molecule has 0 saturated heterocycles. The number of halogens is 1. The summed E-state index contributed by atoms with van der Waals surface area (Å²) in [5, 5.41) is 0. The summed E-state index contributed by atoms with van der Waals surface area (Å²) in [6.07, 6.45) is 3.89. The molecule has 0 unspecified atom stereocenters. The summed E-state index contributed by atoms with van der Waals surface area (Å²) in [5.74, 6) is 1.00. The van der Waals surface area contributed by atoms with E-state index in [1.165, 1.54) is 11.1 Å². The molecular weight excluding hydrogens is 274 g/mol. The van der Waals surface area contributed by atoms with Crippen molar-refractivity contribution in [3.05, 3.63) is 29.3 Å².